The molecule has 3 atom stereocenters. The van der Waals surface area contributed by atoms with Crippen molar-refractivity contribution in [1.82, 2.24) is 10.2 Å². The average molecular weight is 897 g/mol. The van der Waals surface area contributed by atoms with Crippen LogP contribution in [0, 0.1) is 0 Å². The summed E-state index contributed by atoms with van der Waals surface area (Å²) in [4.78, 5) is 47.0. The van der Waals surface area contributed by atoms with Crippen molar-refractivity contribution in [2.24, 2.45) is 0 Å². The zero-order valence-corrected chi connectivity index (χ0v) is 38.5. The molecule has 1 aliphatic heterocycles. The van der Waals surface area contributed by atoms with Crippen molar-refractivity contribution in [3.8, 4) is 0 Å². The number of carbonyl (C=O) groups is 3. The number of ether oxygens (including phenoxy) is 1. The second-order valence-corrected chi connectivity index (χ2v) is 22.0. The predicted molar refractivity (Wildman–Crippen MR) is 266 cm³/mol. The topological polar surface area (TPSA) is 92.8 Å². The van der Waals surface area contributed by atoms with E-state index in [-0.39, 0.29) is 23.4 Å². The van der Waals surface area contributed by atoms with Gasteiger partial charge in [0.15, 0.2) is 0 Å². The van der Waals surface area contributed by atoms with E-state index >= 15 is 13.8 Å². The first-order valence-electron chi connectivity index (χ1n) is 21.9. The fraction of sp³-hybridized carbons (Fsp3) is 0.179. The molecule has 3 unspecified atom stereocenters. The Morgan fingerprint density at radius 3 is 1.34 bits per heavy atom. The van der Waals surface area contributed by atoms with Crippen molar-refractivity contribution in [3.05, 3.63) is 235 Å². The molecule has 0 radical (unpaired) electrons. The van der Waals surface area contributed by atoms with Gasteiger partial charge in [-0.2, -0.15) is 0 Å². The maximum Gasteiger partial charge on any atom is 0.356 e. The van der Waals surface area contributed by atoms with Crippen LogP contribution < -0.4 is 21.2 Å². The number of esters is 1. The van der Waals surface area contributed by atoms with E-state index < -0.39 is 52.1 Å². The Labute approximate surface area is 385 Å². The Morgan fingerprint density at radius 2 is 0.954 bits per heavy atom. The van der Waals surface area contributed by atoms with Crippen LogP contribution in [0.25, 0.3) is 0 Å². The Balaban J connectivity index is 1.40. The molecule has 1 amide bonds. The lowest BCUT2D eigenvalue weighted by molar-refractivity contribution is -0.151. The first-order valence-corrected chi connectivity index (χ1v) is 25.1. The van der Waals surface area contributed by atoms with Gasteiger partial charge in [0, 0.05) is 13.3 Å². The summed E-state index contributed by atoms with van der Waals surface area (Å²) in [5.74, 6) is -1.70. The third-order valence-electron chi connectivity index (χ3n) is 11.7. The highest BCUT2D eigenvalue weighted by Crippen LogP contribution is 2.50. The summed E-state index contributed by atoms with van der Waals surface area (Å²) in [6.07, 6.45) is 0.638. The Hall–Kier alpha value is -6.44. The minimum atomic E-state index is -3.38. The number of carbonyl (C=O) groups excluding carboxylic acids is 3. The lowest BCUT2D eigenvalue weighted by atomic mass is 9.76. The number of ketones is 1. The summed E-state index contributed by atoms with van der Waals surface area (Å²) in [7, 11) is -2.03. The highest BCUT2D eigenvalue weighted by Gasteiger charge is 2.59. The van der Waals surface area contributed by atoms with Gasteiger partial charge in [-0.05, 0) is 65.4 Å². The highest BCUT2D eigenvalue weighted by atomic mass is 32.2. The molecule has 0 aliphatic carbocycles. The molecule has 0 aromatic heterocycles. The first kappa shape index (κ1) is 45.1. The quantitative estimate of drug-likeness (QED) is 0.0453. The monoisotopic (exact) mass is 896 g/mol. The molecule has 8 rings (SSSR count). The van der Waals surface area contributed by atoms with Gasteiger partial charge in [-0.25, -0.2) is 4.79 Å². The van der Waals surface area contributed by atoms with Gasteiger partial charge in [0.2, 0.25) is 5.91 Å². The molecule has 1 N–H and O–H groups in total. The minimum Gasteiger partial charge on any atom is -0.455 e. The lowest BCUT2D eigenvalue weighted by Gasteiger charge is -2.52. The van der Waals surface area contributed by atoms with E-state index in [1.54, 1.807) is 20.8 Å². The molecule has 0 saturated carbocycles. The fourth-order valence-corrected chi connectivity index (χ4v) is 14.9. The van der Waals surface area contributed by atoms with Crippen LogP contribution in [0.2, 0.25) is 0 Å². The van der Waals surface area contributed by atoms with Gasteiger partial charge in [0.1, 0.15) is 28.2 Å². The number of rotatable bonds is 16. The zero-order chi connectivity index (χ0) is 45.4. The normalized spacial score (nSPS) is 15.7. The zero-order valence-electron chi connectivity index (χ0n) is 36.8. The third-order valence-corrected chi connectivity index (χ3v) is 17.6. The molecule has 7 aromatic rings. The van der Waals surface area contributed by atoms with Gasteiger partial charge < -0.3 is 4.74 Å². The number of aryl methyl sites for hydroxylation is 1. The van der Waals surface area contributed by atoms with Crippen LogP contribution in [-0.2, 0) is 41.9 Å². The summed E-state index contributed by atoms with van der Waals surface area (Å²) in [5, 5.41) is 5.05. The fourth-order valence-electron chi connectivity index (χ4n) is 8.87. The van der Waals surface area contributed by atoms with Crippen LogP contribution in [0.5, 0.6) is 0 Å². The molecule has 9 heteroatoms. The van der Waals surface area contributed by atoms with Crippen molar-refractivity contribution in [1.29, 1.82) is 0 Å². The van der Waals surface area contributed by atoms with Gasteiger partial charge in [0.25, 0.3) is 0 Å². The van der Waals surface area contributed by atoms with Gasteiger partial charge >= 0.3 is 5.97 Å². The number of β-lactam (4-membered cyclic amide) rings is 1. The first-order chi connectivity index (χ1) is 31.5. The molecule has 1 fully saturated rings. The summed E-state index contributed by atoms with van der Waals surface area (Å²) in [5.41, 5.74) is 1.52. The molecular formula is C56H53N2O5PS. The number of likely N-dealkylation sites (tertiary alicyclic amines) is 1. The average Bonchev–Trinajstić information content (AvgIpc) is 3.34. The van der Waals surface area contributed by atoms with E-state index in [1.165, 1.54) is 4.90 Å². The number of nitrogens with zero attached hydrogens (tertiary/aromatic N) is 1. The van der Waals surface area contributed by atoms with E-state index in [9.17, 15) is 4.79 Å². The maximum atomic E-state index is 15.9. The number of benzene rings is 7. The largest absolute Gasteiger partial charge is 0.455 e. The van der Waals surface area contributed by atoms with Crippen LogP contribution in [-0.4, -0.2) is 55.0 Å². The second kappa shape index (κ2) is 19.7. The Bertz CT molecular complexity index is 2600. The van der Waals surface area contributed by atoms with Crippen LogP contribution in [0.1, 0.15) is 49.4 Å². The Kier molecular flexibility index (Phi) is 13.7. The van der Waals surface area contributed by atoms with E-state index in [0.717, 1.165) is 38.2 Å². The number of Topliss-reactive ketones (excluding diaryl/α,β-unsaturated/α-hetero) is 1. The number of amides is 1. The molecule has 7 aromatic carbocycles. The van der Waals surface area contributed by atoms with Crippen molar-refractivity contribution < 1.29 is 23.3 Å². The van der Waals surface area contributed by atoms with Gasteiger partial charge in [0.05, 0.1) is 22.1 Å². The van der Waals surface area contributed by atoms with Crippen molar-refractivity contribution in [2.75, 3.05) is 5.75 Å². The highest BCUT2D eigenvalue weighted by molar-refractivity contribution is 7.96. The smallest absolute Gasteiger partial charge is 0.356 e. The molecule has 1 saturated heterocycles. The van der Waals surface area contributed by atoms with Crippen molar-refractivity contribution in [3.63, 3.8) is 0 Å². The number of hydrogen-bond donors (Lipinski definition) is 1. The summed E-state index contributed by atoms with van der Waals surface area (Å²) in [6.45, 7) is 2.02. The maximum absolute atomic E-state index is 15.9. The SMILES string of the molecule is CC(C)(C)OC(=O)C(N1C(=O)C(NC(c2ccccc2)(c2ccccc2)c2ccccc2)C1S(=O)CC(=O)CCc1ccccc1)=P(c1ccccc1)(c1ccccc1)c1ccccc1. The molecule has 1 aliphatic rings. The summed E-state index contributed by atoms with van der Waals surface area (Å²) in [6, 6.07) is 67.6. The van der Waals surface area contributed by atoms with E-state index in [2.05, 4.69) is 5.32 Å². The molecular weight excluding hydrogens is 844 g/mol. The lowest BCUT2D eigenvalue weighted by Crippen LogP contribution is -2.76. The van der Waals surface area contributed by atoms with E-state index in [4.69, 9.17) is 4.74 Å². The third kappa shape index (κ3) is 9.25. The van der Waals surface area contributed by atoms with Crippen molar-refractivity contribution in [2.45, 2.75) is 56.2 Å². The molecule has 1 heterocycles. The molecule has 0 bridgehead atoms. The van der Waals surface area contributed by atoms with Crippen LogP contribution >= 0.6 is 6.89 Å². The summed E-state index contributed by atoms with van der Waals surface area (Å²) < 4.78 is 21.9. The summed E-state index contributed by atoms with van der Waals surface area (Å²) >= 11 is 0. The molecule has 65 heavy (non-hydrogen) atoms. The molecule has 0 spiro atoms. The number of hydrogen-bond acceptors (Lipinski definition) is 6. The van der Waals surface area contributed by atoms with Crippen LogP contribution in [0.4, 0.5) is 0 Å². The molecule has 328 valence electrons. The van der Waals surface area contributed by atoms with Crippen LogP contribution in [0.15, 0.2) is 212 Å². The standard InChI is InChI=1S/C56H53N2O5PS/c1-55(2,3)63-54(61)52(64(47-33-19-8-20-34-47,48-35-21-9-22-36-48)49-37-23-10-24-38-49)58-51(60)50(53(58)65(62)41-46(59)40-39-42-25-11-4-12-26-42)57-56(43-27-13-5-14-28-43,44-29-15-6-16-30-44)45-31-17-7-18-32-45/h4-38,50,53,57H,39-41H2,1-3H3. The van der Waals surface area contributed by atoms with Gasteiger partial charge in [-0.1, -0.05) is 212 Å². The number of nitrogens with one attached hydrogen (secondary N) is 1. The van der Waals surface area contributed by atoms with E-state index in [1.807, 2.05) is 212 Å². The van der Waals surface area contributed by atoms with Gasteiger partial charge in [-0.3, -0.25) is 24.0 Å². The second-order valence-electron chi connectivity index (χ2n) is 17.1. The predicted octanol–water partition coefficient (Wildman–Crippen LogP) is 8.52. The minimum absolute atomic E-state index is 0.0962. The Morgan fingerprint density at radius 1 is 0.585 bits per heavy atom. The van der Waals surface area contributed by atoms with Crippen LogP contribution in [0.3, 0.4) is 0 Å². The molecule has 7 nitrogen and oxygen atoms in total. The van der Waals surface area contributed by atoms with Gasteiger partial charge in [-0.15, -0.1) is 0 Å². The van der Waals surface area contributed by atoms with Crippen molar-refractivity contribution >= 4 is 56.7 Å². The van der Waals surface area contributed by atoms with E-state index in [0.29, 0.717) is 6.42 Å².